The number of allylic oxidation sites excluding steroid dienone is 2. The van der Waals surface area contributed by atoms with Crippen LogP contribution in [0.5, 0.6) is 0 Å². The molecular weight excluding hydrogens is 294 g/mol. The second kappa shape index (κ2) is 5.51. The van der Waals surface area contributed by atoms with Crippen LogP contribution in [-0.2, 0) is 16.1 Å². The number of nitrogens with zero attached hydrogens (tertiary/aromatic N) is 1. The summed E-state index contributed by atoms with van der Waals surface area (Å²) < 4.78 is 6.64. The molecule has 22 heavy (non-hydrogen) atoms. The van der Waals surface area contributed by atoms with Gasteiger partial charge < -0.3 is 4.74 Å². The van der Waals surface area contributed by atoms with Crippen LogP contribution in [-0.4, -0.2) is 11.0 Å². The van der Waals surface area contributed by atoms with Crippen molar-refractivity contribution in [1.82, 2.24) is 4.98 Å². The van der Waals surface area contributed by atoms with Crippen LogP contribution in [0.3, 0.4) is 0 Å². The lowest BCUT2D eigenvalue weighted by atomic mass is 10.1. The Kier molecular flexibility index (Phi) is 3.81. The van der Waals surface area contributed by atoms with Crippen LogP contribution in [0, 0.1) is 17.3 Å². The molecule has 1 aromatic carbocycles. The molecule has 2 atom stereocenters. The number of aromatic nitrogens is 1. The van der Waals surface area contributed by atoms with E-state index in [2.05, 4.69) is 38.8 Å². The minimum atomic E-state index is -0.105. The predicted octanol–water partition coefficient (Wildman–Crippen LogP) is 4.58. The van der Waals surface area contributed by atoms with Gasteiger partial charge in [0.25, 0.3) is 0 Å². The highest BCUT2D eigenvalue weighted by atomic mass is 32.1. The van der Waals surface area contributed by atoms with Gasteiger partial charge in [-0.15, -0.1) is 11.3 Å². The standard InChI is InChI=1S/C18H21NO2S/c1-11(2)9-12-16(18(12,3)4)17(20)21-10-15-19-13-7-5-6-8-14(13)22-15/h5-9,12,16H,10H2,1-4H3/t12-,16+/m1/s1. The van der Waals surface area contributed by atoms with Crippen LogP contribution in [0.15, 0.2) is 35.9 Å². The molecule has 2 aromatic rings. The van der Waals surface area contributed by atoms with Crippen LogP contribution in [0.4, 0.5) is 0 Å². The second-order valence-electron chi connectivity index (χ2n) is 6.75. The number of thiazole rings is 1. The zero-order valence-corrected chi connectivity index (χ0v) is 14.2. The fourth-order valence-corrected chi connectivity index (χ4v) is 3.88. The molecule has 0 radical (unpaired) electrons. The molecular formula is C18H21NO2S. The fourth-order valence-electron chi connectivity index (χ4n) is 3.00. The molecule has 1 aromatic heterocycles. The summed E-state index contributed by atoms with van der Waals surface area (Å²) in [5.41, 5.74) is 2.22. The van der Waals surface area contributed by atoms with Gasteiger partial charge in [-0.3, -0.25) is 4.79 Å². The van der Waals surface area contributed by atoms with E-state index in [4.69, 9.17) is 4.74 Å². The molecule has 3 nitrogen and oxygen atoms in total. The molecule has 0 N–H and O–H groups in total. The monoisotopic (exact) mass is 315 g/mol. The van der Waals surface area contributed by atoms with Crippen LogP contribution < -0.4 is 0 Å². The summed E-state index contributed by atoms with van der Waals surface area (Å²) in [6.45, 7) is 8.66. The molecule has 1 aliphatic rings. The first-order valence-electron chi connectivity index (χ1n) is 7.55. The van der Waals surface area contributed by atoms with Crippen LogP contribution in [0.25, 0.3) is 10.2 Å². The maximum Gasteiger partial charge on any atom is 0.310 e. The lowest BCUT2D eigenvalue weighted by Gasteiger charge is -2.03. The molecule has 3 rings (SSSR count). The predicted molar refractivity (Wildman–Crippen MR) is 89.6 cm³/mol. The van der Waals surface area contributed by atoms with Gasteiger partial charge in [-0.25, -0.2) is 4.98 Å². The van der Waals surface area contributed by atoms with Crippen LogP contribution in [0.1, 0.15) is 32.7 Å². The molecule has 0 aliphatic heterocycles. The fraction of sp³-hybridized carbons (Fsp3) is 0.444. The molecule has 1 aliphatic carbocycles. The smallest absolute Gasteiger partial charge is 0.310 e. The van der Waals surface area contributed by atoms with Gasteiger partial charge in [0.1, 0.15) is 11.6 Å². The van der Waals surface area contributed by atoms with E-state index >= 15 is 0 Å². The summed E-state index contributed by atoms with van der Waals surface area (Å²) in [6.07, 6.45) is 2.18. The first kappa shape index (κ1) is 15.2. The summed E-state index contributed by atoms with van der Waals surface area (Å²) >= 11 is 1.58. The van der Waals surface area contributed by atoms with Crippen molar-refractivity contribution in [3.8, 4) is 0 Å². The molecule has 0 bridgehead atoms. The molecule has 1 fully saturated rings. The van der Waals surface area contributed by atoms with Gasteiger partial charge in [0.2, 0.25) is 0 Å². The van der Waals surface area contributed by atoms with Gasteiger partial charge >= 0.3 is 5.97 Å². The van der Waals surface area contributed by atoms with E-state index in [9.17, 15) is 4.79 Å². The van der Waals surface area contributed by atoms with E-state index in [0.717, 1.165) is 15.2 Å². The highest BCUT2D eigenvalue weighted by Gasteiger charge is 2.61. The van der Waals surface area contributed by atoms with Crippen molar-refractivity contribution < 1.29 is 9.53 Å². The Morgan fingerprint density at radius 1 is 1.36 bits per heavy atom. The van der Waals surface area contributed by atoms with Crippen molar-refractivity contribution in [1.29, 1.82) is 0 Å². The summed E-state index contributed by atoms with van der Waals surface area (Å²) in [4.78, 5) is 16.8. The Bertz CT molecular complexity index is 707. The van der Waals surface area contributed by atoms with Crippen molar-refractivity contribution >= 4 is 27.5 Å². The summed E-state index contributed by atoms with van der Waals surface area (Å²) in [5, 5.41) is 0.853. The van der Waals surface area contributed by atoms with E-state index in [1.807, 2.05) is 24.3 Å². The molecule has 0 spiro atoms. The number of para-hydroxylation sites is 1. The molecule has 0 saturated heterocycles. The number of ether oxygens (including phenoxy) is 1. The van der Waals surface area contributed by atoms with Crippen molar-refractivity contribution in [2.45, 2.75) is 34.3 Å². The van der Waals surface area contributed by atoms with Gasteiger partial charge in [-0.1, -0.05) is 37.6 Å². The SMILES string of the molecule is CC(C)=C[C@@H]1[C@@H](C(=O)OCc2nc3ccccc3s2)C1(C)C. The van der Waals surface area contributed by atoms with Crippen molar-refractivity contribution in [3.05, 3.63) is 40.9 Å². The number of carbonyl (C=O) groups is 1. The Balaban J connectivity index is 1.64. The van der Waals surface area contributed by atoms with E-state index in [1.54, 1.807) is 11.3 Å². The minimum absolute atomic E-state index is 0.00193. The van der Waals surface area contributed by atoms with Crippen molar-refractivity contribution in [3.63, 3.8) is 0 Å². The topological polar surface area (TPSA) is 39.2 Å². The maximum atomic E-state index is 12.3. The Morgan fingerprint density at radius 2 is 2.09 bits per heavy atom. The van der Waals surface area contributed by atoms with Gasteiger partial charge in [-0.2, -0.15) is 0 Å². The second-order valence-corrected chi connectivity index (χ2v) is 7.87. The Labute approximate surface area is 135 Å². The number of hydrogen-bond acceptors (Lipinski definition) is 4. The van der Waals surface area contributed by atoms with Gasteiger partial charge in [-0.05, 0) is 37.3 Å². The molecule has 4 heteroatoms. The third-order valence-corrected chi connectivity index (χ3v) is 5.36. The highest BCUT2D eigenvalue weighted by Crippen LogP contribution is 2.59. The van der Waals surface area contributed by atoms with Crippen molar-refractivity contribution in [2.75, 3.05) is 0 Å². The number of carbonyl (C=O) groups excluding carboxylic acids is 1. The first-order valence-corrected chi connectivity index (χ1v) is 8.37. The third-order valence-electron chi connectivity index (χ3n) is 4.35. The third kappa shape index (κ3) is 2.80. The summed E-state index contributed by atoms with van der Waals surface area (Å²) in [6, 6.07) is 7.97. The largest absolute Gasteiger partial charge is 0.458 e. The Morgan fingerprint density at radius 3 is 2.77 bits per heavy atom. The summed E-state index contributed by atoms with van der Waals surface area (Å²) in [5.74, 6) is 0.156. The van der Waals surface area contributed by atoms with Crippen LogP contribution >= 0.6 is 11.3 Å². The number of fused-ring (bicyclic) bond motifs is 1. The number of benzene rings is 1. The lowest BCUT2D eigenvalue weighted by Crippen LogP contribution is -2.10. The van der Waals surface area contributed by atoms with E-state index in [1.165, 1.54) is 5.57 Å². The summed E-state index contributed by atoms with van der Waals surface area (Å²) in [7, 11) is 0. The van der Waals surface area contributed by atoms with E-state index in [0.29, 0.717) is 5.92 Å². The molecule has 0 amide bonds. The normalized spacial score (nSPS) is 22.4. The molecule has 0 unspecified atom stereocenters. The number of hydrogen-bond donors (Lipinski definition) is 0. The van der Waals surface area contributed by atoms with Gasteiger partial charge in [0.05, 0.1) is 16.1 Å². The van der Waals surface area contributed by atoms with E-state index in [-0.39, 0.29) is 23.9 Å². The zero-order valence-electron chi connectivity index (χ0n) is 13.4. The molecule has 116 valence electrons. The van der Waals surface area contributed by atoms with E-state index < -0.39 is 0 Å². The number of esters is 1. The zero-order chi connectivity index (χ0) is 15.9. The first-order chi connectivity index (χ1) is 10.4. The Hall–Kier alpha value is -1.68. The molecule has 1 saturated carbocycles. The van der Waals surface area contributed by atoms with Gasteiger partial charge in [0.15, 0.2) is 0 Å². The maximum absolute atomic E-state index is 12.3. The minimum Gasteiger partial charge on any atom is -0.458 e. The van der Waals surface area contributed by atoms with Gasteiger partial charge in [0, 0.05) is 0 Å². The average Bonchev–Trinajstić information content (AvgIpc) is 2.83. The lowest BCUT2D eigenvalue weighted by molar-refractivity contribution is -0.147. The quantitative estimate of drug-likeness (QED) is 0.612. The highest BCUT2D eigenvalue weighted by molar-refractivity contribution is 7.18. The van der Waals surface area contributed by atoms with Crippen molar-refractivity contribution in [2.24, 2.45) is 17.3 Å². The van der Waals surface area contributed by atoms with Crippen LogP contribution in [0.2, 0.25) is 0 Å². The number of rotatable bonds is 4. The average molecular weight is 315 g/mol. The molecule has 1 heterocycles.